The molecule has 1 nitrogen and oxygen atoms in total. The summed E-state index contributed by atoms with van der Waals surface area (Å²) in [4.78, 5) is 1.18. The maximum absolute atomic E-state index is 6.20. The van der Waals surface area contributed by atoms with Gasteiger partial charge in [0.05, 0.1) is 9.90 Å². The third-order valence-electron chi connectivity index (χ3n) is 3.32. The molecule has 1 fully saturated rings. The maximum atomic E-state index is 6.20. The van der Waals surface area contributed by atoms with Crippen LogP contribution in [0.5, 0.6) is 0 Å². The van der Waals surface area contributed by atoms with Crippen LogP contribution in [0.3, 0.4) is 0 Å². The highest BCUT2D eigenvalue weighted by Gasteiger charge is 2.20. The Morgan fingerprint density at radius 1 is 1.33 bits per heavy atom. The normalized spacial score (nSPS) is 15.0. The lowest BCUT2D eigenvalue weighted by atomic mass is 10.0. The molecule has 0 spiro atoms. The summed E-state index contributed by atoms with van der Waals surface area (Å²) >= 11 is 7.90. The zero-order valence-corrected chi connectivity index (χ0v) is 11.9. The Kier molecular flexibility index (Phi) is 3.42. The van der Waals surface area contributed by atoms with Crippen molar-refractivity contribution in [3.8, 4) is 10.4 Å². The van der Waals surface area contributed by atoms with E-state index in [9.17, 15) is 0 Å². The number of halogens is 1. The van der Waals surface area contributed by atoms with Gasteiger partial charge in [0, 0.05) is 12.6 Å². The molecule has 1 N–H and O–H groups in total. The number of rotatable bonds is 4. The quantitative estimate of drug-likeness (QED) is 0.859. The van der Waals surface area contributed by atoms with E-state index < -0.39 is 0 Å². The minimum atomic E-state index is 0.761. The first kappa shape index (κ1) is 12.2. The maximum Gasteiger partial charge on any atom is 0.0592 e. The van der Waals surface area contributed by atoms with E-state index in [4.69, 9.17) is 11.6 Å². The molecule has 0 atom stereocenters. The molecule has 0 unspecified atom stereocenters. The summed E-state index contributed by atoms with van der Waals surface area (Å²) in [6, 6.07) is 9.38. The number of aryl methyl sites for hydroxylation is 1. The molecule has 0 aliphatic heterocycles. The van der Waals surface area contributed by atoms with Gasteiger partial charge in [-0.05, 0) is 47.9 Å². The van der Waals surface area contributed by atoms with E-state index in [1.54, 1.807) is 11.3 Å². The molecule has 1 saturated carbocycles. The summed E-state index contributed by atoms with van der Waals surface area (Å²) in [7, 11) is 0. The van der Waals surface area contributed by atoms with Gasteiger partial charge >= 0.3 is 0 Å². The zero-order chi connectivity index (χ0) is 12.5. The van der Waals surface area contributed by atoms with Gasteiger partial charge in [-0.3, -0.25) is 0 Å². The fraction of sp³-hybridized carbons (Fsp3) is 0.333. The summed E-state index contributed by atoms with van der Waals surface area (Å²) in [5.41, 5.74) is 3.91. The monoisotopic (exact) mass is 277 g/mol. The predicted octanol–water partition coefficient (Wildman–Crippen LogP) is 4.63. The van der Waals surface area contributed by atoms with Crippen LogP contribution in [-0.2, 0) is 6.54 Å². The molecule has 0 radical (unpaired) electrons. The van der Waals surface area contributed by atoms with Crippen LogP contribution in [0.2, 0.25) is 5.02 Å². The summed E-state index contributed by atoms with van der Waals surface area (Å²) < 4.78 is 0. The van der Waals surface area contributed by atoms with E-state index in [1.807, 2.05) is 11.4 Å². The fourth-order valence-electron chi connectivity index (χ4n) is 2.13. The third-order valence-corrected chi connectivity index (χ3v) is 4.70. The fourth-order valence-corrected chi connectivity index (χ4v) is 3.38. The van der Waals surface area contributed by atoms with Crippen molar-refractivity contribution in [3.63, 3.8) is 0 Å². The first-order chi connectivity index (χ1) is 8.74. The van der Waals surface area contributed by atoms with Crippen LogP contribution in [0.15, 0.2) is 29.6 Å². The third kappa shape index (κ3) is 2.61. The van der Waals surface area contributed by atoms with Crippen LogP contribution < -0.4 is 5.32 Å². The van der Waals surface area contributed by atoms with Crippen molar-refractivity contribution in [2.24, 2.45) is 0 Å². The molecule has 1 aromatic heterocycles. The second-order valence-corrected chi connectivity index (χ2v) is 6.23. The highest BCUT2D eigenvalue weighted by Crippen LogP contribution is 2.35. The number of benzene rings is 1. The summed E-state index contributed by atoms with van der Waals surface area (Å²) in [6.45, 7) is 3.13. The highest BCUT2D eigenvalue weighted by molar-refractivity contribution is 7.14. The Hall–Kier alpha value is -0.830. The van der Waals surface area contributed by atoms with E-state index in [0.29, 0.717) is 0 Å². The molecule has 18 heavy (non-hydrogen) atoms. The standard InChI is InChI=1S/C15H16ClNS/c1-10-8-11(9-17-12-3-4-12)2-5-13(10)15-14(16)6-7-18-15/h2,5-8,12,17H,3-4,9H2,1H3. The smallest absolute Gasteiger partial charge is 0.0592 e. The van der Waals surface area contributed by atoms with Crippen LogP contribution in [0, 0.1) is 6.92 Å². The van der Waals surface area contributed by atoms with Crippen molar-refractivity contribution in [3.05, 3.63) is 45.8 Å². The number of thiophene rings is 1. The van der Waals surface area contributed by atoms with Crippen LogP contribution in [0.1, 0.15) is 24.0 Å². The Morgan fingerprint density at radius 2 is 2.17 bits per heavy atom. The van der Waals surface area contributed by atoms with Gasteiger partial charge in [-0.25, -0.2) is 0 Å². The molecule has 1 aliphatic rings. The Bertz CT molecular complexity index is 557. The molecule has 0 bridgehead atoms. The van der Waals surface area contributed by atoms with Crippen molar-refractivity contribution < 1.29 is 0 Å². The molecule has 94 valence electrons. The van der Waals surface area contributed by atoms with Gasteiger partial charge in [0.15, 0.2) is 0 Å². The second-order valence-electron chi connectivity index (χ2n) is 4.90. The molecule has 1 heterocycles. The Morgan fingerprint density at radius 3 is 2.78 bits per heavy atom. The highest BCUT2D eigenvalue weighted by atomic mass is 35.5. The molecule has 3 heteroatoms. The van der Waals surface area contributed by atoms with Crippen molar-refractivity contribution >= 4 is 22.9 Å². The first-order valence-electron chi connectivity index (χ1n) is 6.30. The van der Waals surface area contributed by atoms with E-state index in [2.05, 4.69) is 30.4 Å². The van der Waals surface area contributed by atoms with Crippen LogP contribution in [0.25, 0.3) is 10.4 Å². The molecular formula is C15H16ClNS. The largest absolute Gasteiger partial charge is 0.310 e. The van der Waals surface area contributed by atoms with Gasteiger partial charge in [-0.15, -0.1) is 11.3 Å². The SMILES string of the molecule is Cc1cc(CNC2CC2)ccc1-c1sccc1Cl. The molecule has 1 aliphatic carbocycles. The van der Waals surface area contributed by atoms with Gasteiger partial charge < -0.3 is 5.32 Å². The van der Waals surface area contributed by atoms with Crippen molar-refractivity contribution in [2.45, 2.75) is 32.4 Å². The van der Waals surface area contributed by atoms with Crippen LogP contribution >= 0.6 is 22.9 Å². The number of nitrogens with one attached hydrogen (secondary N) is 1. The number of hydrogen-bond donors (Lipinski definition) is 1. The summed E-state index contributed by atoms with van der Waals surface area (Å²) in [5.74, 6) is 0. The molecule has 0 saturated heterocycles. The van der Waals surface area contributed by atoms with Gasteiger partial charge in [0.2, 0.25) is 0 Å². The van der Waals surface area contributed by atoms with Gasteiger partial charge in [-0.2, -0.15) is 0 Å². The minimum absolute atomic E-state index is 0.761. The average molecular weight is 278 g/mol. The zero-order valence-electron chi connectivity index (χ0n) is 10.4. The van der Waals surface area contributed by atoms with Crippen molar-refractivity contribution in [2.75, 3.05) is 0 Å². The summed E-state index contributed by atoms with van der Waals surface area (Å²) in [6.07, 6.45) is 2.67. The molecule has 1 aromatic carbocycles. The predicted molar refractivity (Wildman–Crippen MR) is 79.4 cm³/mol. The van der Waals surface area contributed by atoms with Gasteiger partial charge in [-0.1, -0.05) is 29.8 Å². The van der Waals surface area contributed by atoms with Crippen molar-refractivity contribution in [1.29, 1.82) is 0 Å². The second kappa shape index (κ2) is 5.04. The van der Waals surface area contributed by atoms with Crippen molar-refractivity contribution in [1.82, 2.24) is 5.32 Å². The molecule has 3 rings (SSSR count). The number of hydrogen-bond acceptors (Lipinski definition) is 2. The lowest BCUT2D eigenvalue weighted by Gasteiger charge is -2.08. The van der Waals surface area contributed by atoms with E-state index >= 15 is 0 Å². The van der Waals surface area contributed by atoms with Gasteiger partial charge in [0.1, 0.15) is 0 Å². The lowest BCUT2D eigenvalue weighted by Crippen LogP contribution is -2.15. The van der Waals surface area contributed by atoms with Gasteiger partial charge in [0.25, 0.3) is 0 Å². The first-order valence-corrected chi connectivity index (χ1v) is 7.56. The minimum Gasteiger partial charge on any atom is -0.310 e. The molecule has 2 aromatic rings. The Balaban J connectivity index is 1.82. The van der Waals surface area contributed by atoms with Crippen LogP contribution in [0.4, 0.5) is 0 Å². The van der Waals surface area contributed by atoms with E-state index in [0.717, 1.165) is 17.6 Å². The lowest BCUT2D eigenvalue weighted by molar-refractivity contribution is 0.687. The molecular weight excluding hydrogens is 262 g/mol. The summed E-state index contributed by atoms with van der Waals surface area (Å²) in [5, 5.41) is 6.44. The average Bonchev–Trinajstić information content (AvgIpc) is 3.09. The molecule has 0 amide bonds. The Labute approximate surface area is 117 Å². The van der Waals surface area contributed by atoms with E-state index in [1.165, 1.54) is 34.4 Å². The van der Waals surface area contributed by atoms with Crippen LogP contribution in [-0.4, -0.2) is 6.04 Å². The van der Waals surface area contributed by atoms with E-state index in [-0.39, 0.29) is 0 Å². The topological polar surface area (TPSA) is 12.0 Å².